The van der Waals surface area contributed by atoms with Gasteiger partial charge in [0.05, 0.1) is 30.8 Å². The molecule has 2 spiro atoms. The maximum atomic E-state index is 13.7. The number of hydrogen-bond donors (Lipinski definition) is 4. The molecule has 6 aliphatic rings. The fraction of sp³-hybridized carbons (Fsp3) is 0.952. The fourth-order valence-electron chi connectivity index (χ4n) is 8.46. The minimum absolute atomic E-state index is 0.0478. The highest BCUT2D eigenvalue weighted by Crippen LogP contribution is 2.76. The molecular weight excluding hydrogens is 364 g/mol. The molecule has 2 aliphatic heterocycles. The molecule has 0 aromatic rings. The summed E-state index contributed by atoms with van der Waals surface area (Å²) in [6, 6.07) is 0. The summed E-state index contributed by atoms with van der Waals surface area (Å²) in [5.41, 5.74) is -2.71. The lowest BCUT2D eigenvalue weighted by atomic mass is 9.35. The van der Waals surface area contributed by atoms with Crippen LogP contribution < -0.4 is 0 Å². The second kappa shape index (κ2) is 5.56. The van der Waals surface area contributed by atoms with E-state index in [1.165, 1.54) is 7.11 Å². The number of fused-ring (bicyclic) bond motifs is 2. The van der Waals surface area contributed by atoms with Gasteiger partial charge in [-0.1, -0.05) is 13.8 Å². The first-order chi connectivity index (χ1) is 13.1. The second-order valence-corrected chi connectivity index (χ2v) is 10.7. The predicted octanol–water partition coefficient (Wildman–Crippen LogP) is 0.0820. The Morgan fingerprint density at radius 2 is 1.93 bits per heavy atom. The lowest BCUT2D eigenvalue weighted by Gasteiger charge is -2.74. The smallest absolute Gasteiger partial charge is 0.205 e. The Bertz CT molecular complexity index is 709. The van der Waals surface area contributed by atoms with E-state index in [1.807, 2.05) is 13.8 Å². The molecule has 6 fully saturated rings. The van der Waals surface area contributed by atoms with Crippen molar-refractivity contribution in [1.82, 2.24) is 0 Å². The number of Topliss-reactive ketones (excluding diaryl/α,β-unsaturated/α-hetero) is 1. The van der Waals surface area contributed by atoms with E-state index >= 15 is 0 Å². The van der Waals surface area contributed by atoms with Crippen molar-refractivity contribution in [2.24, 2.45) is 39.9 Å². The van der Waals surface area contributed by atoms with Crippen LogP contribution in [0, 0.1) is 39.9 Å². The van der Waals surface area contributed by atoms with E-state index < -0.39 is 52.7 Å². The summed E-state index contributed by atoms with van der Waals surface area (Å²) in [6.07, 6.45) is -0.899. The molecule has 10 atom stereocenters. The highest BCUT2D eigenvalue weighted by atomic mass is 16.6. The van der Waals surface area contributed by atoms with Gasteiger partial charge < -0.3 is 29.9 Å². The van der Waals surface area contributed by atoms with Gasteiger partial charge in [0, 0.05) is 30.3 Å². The molecule has 0 radical (unpaired) electrons. The monoisotopic (exact) mass is 396 g/mol. The van der Waals surface area contributed by atoms with E-state index in [0.29, 0.717) is 25.7 Å². The quantitative estimate of drug-likeness (QED) is 0.522. The molecule has 4 N–H and O–H groups in total. The van der Waals surface area contributed by atoms with E-state index in [9.17, 15) is 25.2 Å². The van der Waals surface area contributed by atoms with Crippen LogP contribution in [0.25, 0.3) is 0 Å². The lowest BCUT2D eigenvalue weighted by molar-refractivity contribution is -0.455. The van der Waals surface area contributed by atoms with Crippen molar-refractivity contribution in [2.75, 3.05) is 20.3 Å². The first-order valence-corrected chi connectivity index (χ1v) is 10.5. The first-order valence-electron chi connectivity index (χ1n) is 10.5. The highest BCUT2D eigenvalue weighted by molar-refractivity contribution is 5.92. The molecule has 7 nitrogen and oxygen atoms in total. The molecule has 2 saturated heterocycles. The molecular formula is C21H32O7. The van der Waals surface area contributed by atoms with Gasteiger partial charge in [-0.3, -0.25) is 4.79 Å². The van der Waals surface area contributed by atoms with Gasteiger partial charge in [0.1, 0.15) is 6.10 Å². The predicted molar refractivity (Wildman–Crippen MR) is 96.9 cm³/mol. The molecule has 0 aromatic carbocycles. The Hall–Kier alpha value is -0.570. The van der Waals surface area contributed by atoms with Crippen LogP contribution in [0.4, 0.5) is 0 Å². The average molecular weight is 396 g/mol. The molecule has 2 heterocycles. The number of hydrogen-bond acceptors (Lipinski definition) is 7. The third kappa shape index (κ3) is 1.82. The van der Waals surface area contributed by atoms with Crippen LogP contribution in [0.2, 0.25) is 0 Å². The van der Waals surface area contributed by atoms with Crippen LogP contribution in [0.15, 0.2) is 0 Å². The molecule has 4 aliphatic carbocycles. The molecule has 4 saturated carbocycles. The standard InChI is InChI=1S/C21H32O7/c1-18(2)5-4-13(23)19-9-28-21(26,17(25)15(18)19)20-7-10(6-12(22)14(19)20)11(8-27-3)16(20)24/h10-15,17,22-23,25-26H,4-9H2,1-3H3/t10-,11+,12-,13-,14-,15+,17-,19-,20-,21+/m0/s1. The van der Waals surface area contributed by atoms with Crippen LogP contribution in [0.5, 0.6) is 0 Å². The third-order valence-electron chi connectivity index (χ3n) is 9.32. The Labute approximate surface area is 165 Å². The van der Waals surface area contributed by atoms with E-state index in [1.54, 1.807) is 0 Å². The lowest BCUT2D eigenvalue weighted by Crippen LogP contribution is -2.85. The third-order valence-corrected chi connectivity index (χ3v) is 9.32. The maximum Gasteiger partial charge on any atom is 0.205 e. The zero-order valence-corrected chi connectivity index (χ0v) is 16.8. The van der Waals surface area contributed by atoms with E-state index in [0.717, 1.165) is 0 Å². The number of aliphatic hydroxyl groups excluding tert-OH is 3. The van der Waals surface area contributed by atoms with Crippen molar-refractivity contribution in [3.05, 3.63) is 0 Å². The van der Waals surface area contributed by atoms with Crippen LogP contribution in [-0.2, 0) is 14.3 Å². The molecule has 0 unspecified atom stereocenters. The summed E-state index contributed by atoms with van der Waals surface area (Å²) in [5.74, 6) is -3.88. The van der Waals surface area contributed by atoms with Crippen molar-refractivity contribution >= 4 is 5.78 Å². The highest BCUT2D eigenvalue weighted by Gasteiger charge is 2.86. The molecule has 0 aromatic heterocycles. The second-order valence-electron chi connectivity index (χ2n) is 10.7. The number of ether oxygens (including phenoxy) is 2. The SMILES string of the molecule is COC[C@H]1C(=O)[C@]23C[C@@H]1C[C@H](O)[C@H]2[C@@]12CO[C@]3(O)[C@@H](O)[C@@H]1C(C)(C)CC[C@@H]2O. The number of aliphatic hydroxyl groups is 4. The Morgan fingerprint density at radius 1 is 1.21 bits per heavy atom. The number of rotatable bonds is 2. The van der Waals surface area contributed by atoms with Crippen molar-refractivity contribution in [3.63, 3.8) is 0 Å². The Kier molecular flexibility index (Phi) is 3.85. The number of carbonyl (C=O) groups is 1. The number of ketones is 1. The van der Waals surface area contributed by atoms with Crippen LogP contribution >= 0.6 is 0 Å². The van der Waals surface area contributed by atoms with Gasteiger partial charge in [0.25, 0.3) is 0 Å². The largest absolute Gasteiger partial charge is 0.393 e. The van der Waals surface area contributed by atoms with Crippen molar-refractivity contribution < 1.29 is 34.7 Å². The van der Waals surface area contributed by atoms with Crippen molar-refractivity contribution in [1.29, 1.82) is 0 Å². The summed E-state index contributed by atoms with van der Waals surface area (Å²) in [5, 5.41) is 45.7. The molecule has 4 bridgehead atoms. The van der Waals surface area contributed by atoms with Gasteiger partial charge in [-0.05, 0) is 37.0 Å². The van der Waals surface area contributed by atoms with Gasteiger partial charge in [0.2, 0.25) is 5.79 Å². The number of carbonyl (C=O) groups excluding carboxylic acids is 1. The molecule has 158 valence electrons. The summed E-state index contributed by atoms with van der Waals surface area (Å²) in [6.45, 7) is 4.34. The average Bonchev–Trinajstić information content (AvgIpc) is 2.83. The normalized spacial score (nSPS) is 59.1. The summed E-state index contributed by atoms with van der Waals surface area (Å²) >= 11 is 0. The summed E-state index contributed by atoms with van der Waals surface area (Å²) in [4.78, 5) is 13.7. The van der Waals surface area contributed by atoms with Gasteiger partial charge in [-0.25, -0.2) is 0 Å². The van der Waals surface area contributed by atoms with Crippen LogP contribution in [0.1, 0.15) is 39.5 Å². The van der Waals surface area contributed by atoms with E-state index in [4.69, 9.17) is 9.47 Å². The minimum atomic E-state index is -2.04. The maximum absolute atomic E-state index is 13.7. The summed E-state index contributed by atoms with van der Waals surface area (Å²) < 4.78 is 11.2. The zero-order chi connectivity index (χ0) is 20.3. The topological polar surface area (TPSA) is 116 Å². The van der Waals surface area contributed by atoms with E-state index in [-0.39, 0.29) is 30.3 Å². The van der Waals surface area contributed by atoms with Crippen LogP contribution in [0.3, 0.4) is 0 Å². The molecule has 0 amide bonds. The Balaban J connectivity index is 1.75. The molecule has 7 heteroatoms. The van der Waals surface area contributed by atoms with Crippen molar-refractivity contribution in [2.45, 2.75) is 63.6 Å². The molecule has 6 rings (SSSR count). The fourth-order valence-corrected chi connectivity index (χ4v) is 8.46. The minimum Gasteiger partial charge on any atom is -0.393 e. The Morgan fingerprint density at radius 3 is 2.61 bits per heavy atom. The zero-order valence-electron chi connectivity index (χ0n) is 16.8. The number of methoxy groups -OCH3 is 1. The van der Waals surface area contributed by atoms with Crippen molar-refractivity contribution in [3.8, 4) is 0 Å². The van der Waals surface area contributed by atoms with E-state index in [2.05, 4.69) is 0 Å². The van der Waals surface area contributed by atoms with Gasteiger partial charge in [-0.2, -0.15) is 0 Å². The summed E-state index contributed by atoms with van der Waals surface area (Å²) in [7, 11) is 1.54. The van der Waals surface area contributed by atoms with Gasteiger partial charge >= 0.3 is 0 Å². The van der Waals surface area contributed by atoms with Crippen LogP contribution in [-0.4, -0.2) is 70.6 Å². The van der Waals surface area contributed by atoms with Gasteiger partial charge in [-0.15, -0.1) is 0 Å². The first kappa shape index (κ1) is 19.4. The molecule has 28 heavy (non-hydrogen) atoms. The van der Waals surface area contributed by atoms with Gasteiger partial charge in [0.15, 0.2) is 5.78 Å².